The van der Waals surface area contributed by atoms with Gasteiger partial charge in [0.2, 0.25) is 0 Å². The number of halogens is 3. The van der Waals surface area contributed by atoms with Crippen LogP contribution in [-0.2, 0) is 14.3 Å². The number of rotatable bonds is 11. The van der Waals surface area contributed by atoms with E-state index in [0.29, 0.717) is 30.9 Å². The van der Waals surface area contributed by atoms with Crippen LogP contribution in [0.5, 0.6) is 5.75 Å². The zero-order valence-corrected chi connectivity index (χ0v) is 16.6. The highest BCUT2D eigenvalue weighted by Crippen LogP contribution is 2.34. The number of benzene rings is 1. The highest BCUT2D eigenvalue weighted by atomic mass is 35.5. The van der Waals surface area contributed by atoms with Crippen molar-refractivity contribution >= 4 is 46.7 Å². The van der Waals surface area contributed by atoms with Gasteiger partial charge in [-0.1, -0.05) is 61.0 Å². The first kappa shape index (κ1) is 22.1. The fraction of sp³-hybridized carbons (Fsp3) is 0.556. The van der Waals surface area contributed by atoms with Crippen LogP contribution in [0.1, 0.15) is 58.3 Å². The summed E-state index contributed by atoms with van der Waals surface area (Å²) in [5.41, 5.74) is 0. The summed E-state index contributed by atoms with van der Waals surface area (Å²) in [5.74, 6) is -0.488. The number of carbonyl (C=O) groups excluding carboxylic acids is 2. The summed E-state index contributed by atoms with van der Waals surface area (Å²) in [6.07, 6.45) is 5.86. The molecule has 0 aromatic heterocycles. The molecule has 0 spiro atoms. The molecule has 4 nitrogen and oxygen atoms in total. The minimum atomic E-state index is -0.437. The van der Waals surface area contributed by atoms with Crippen LogP contribution in [-0.4, -0.2) is 18.5 Å². The number of esters is 2. The van der Waals surface area contributed by atoms with Crippen LogP contribution >= 0.6 is 34.8 Å². The van der Waals surface area contributed by atoms with Gasteiger partial charge in [0.15, 0.2) is 5.75 Å². The van der Waals surface area contributed by atoms with E-state index in [1.165, 1.54) is 12.1 Å². The van der Waals surface area contributed by atoms with Crippen molar-refractivity contribution in [1.29, 1.82) is 0 Å². The van der Waals surface area contributed by atoms with Gasteiger partial charge >= 0.3 is 11.9 Å². The van der Waals surface area contributed by atoms with E-state index in [9.17, 15) is 9.59 Å². The Morgan fingerprint density at radius 2 is 1.48 bits per heavy atom. The van der Waals surface area contributed by atoms with Crippen LogP contribution in [0.25, 0.3) is 0 Å². The summed E-state index contributed by atoms with van der Waals surface area (Å²) in [5, 5.41) is 0.768. The fourth-order valence-corrected chi connectivity index (χ4v) is 2.66. The second-order valence-corrected chi connectivity index (χ2v) is 6.88. The molecule has 0 N–H and O–H groups in total. The van der Waals surface area contributed by atoms with E-state index in [4.69, 9.17) is 44.3 Å². The SMILES string of the molecule is CCCCCCOC(=O)CCCCC(=O)Oc1cc(Cl)c(Cl)cc1Cl. The van der Waals surface area contributed by atoms with E-state index in [1.54, 1.807) is 0 Å². The second-order valence-electron chi connectivity index (χ2n) is 5.66. The van der Waals surface area contributed by atoms with Crippen LogP contribution in [0.2, 0.25) is 15.1 Å². The van der Waals surface area contributed by atoms with Crippen molar-refractivity contribution in [3.05, 3.63) is 27.2 Å². The van der Waals surface area contributed by atoms with Crippen LogP contribution in [0, 0.1) is 0 Å². The maximum atomic E-state index is 11.8. The molecular weight excluding hydrogens is 387 g/mol. The molecule has 0 atom stereocenters. The van der Waals surface area contributed by atoms with Crippen molar-refractivity contribution in [2.45, 2.75) is 58.3 Å². The van der Waals surface area contributed by atoms with Gasteiger partial charge in [-0.15, -0.1) is 0 Å². The molecule has 0 heterocycles. The molecule has 1 aromatic carbocycles. The Hall–Kier alpha value is -0.970. The fourth-order valence-electron chi connectivity index (χ4n) is 2.08. The van der Waals surface area contributed by atoms with Crippen molar-refractivity contribution in [2.75, 3.05) is 6.61 Å². The number of ether oxygens (including phenoxy) is 2. The van der Waals surface area contributed by atoms with Crippen molar-refractivity contribution in [3.63, 3.8) is 0 Å². The molecule has 0 aliphatic heterocycles. The molecule has 1 aromatic rings. The highest BCUT2D eigenvalue weighted by molar-refractivity contribution is 6.43. The molecular formula is C18H23Cl3O4. The third-order valence-corrected chi connectivity index (χ3v) is 4.49. The smallest absolute Gasteiger partial charge is 0.311 e. The molecule has 0 fully saturated rings. The lowest BCUT2D eigenvalue weighted by molar-refractivity contribution is -0.144. The average molecular weight is 410 g/mol. The summed E-state index contributed by atoms with van der Waals surface area (Å²) in [6, 6.07) is 2.82. The van der Waals surface area contributed by atoms with Crippen molar-refractivity contribution < 1.29 is 19.1 Å². The molecule has 0 unspecified atom stereocenters. The maximum Gasteiger partial charge on any atom is 0.311 e. The Morgan fingerprint density at radius 1 is 0.840 bits per heavy atom. The van der Waals surface area contributed by atoms with E-state index < -0.39 is 5.97 Å². The van der Waals surface area contributed by atoms with Crippen LogP contribution in [0.3, 0.4) is 0 Å². The predicted octanol–water partition coefficient (Wildman–Crippen LogP) is 6.24. The van der Waals surface area contributed by atoms with Gasteiger partial charge in [0.05, 0.1) is 21.7 Å². The van der Waals surface area contributed by atoms with E-state index in [0.717, 1.165) is 25.7 Å². The van der Waals surface area contributed by atoms with Gasteiger partial charge in [0.1, 0.15) is 0 Å². The Kier molecular flexibility index (Phi) is 10.9. The van der Waals surface area contributed by atoms with Crippen LogP contribution in [0.15, 0.2) is 12.1 Å². The lowest BCUT2D eigenvalue weighted by atomic mass is 10.2. The first-order chi connectivity index (χ1) is 11.9. The van der Waals surface area contributed by atoms with Crippen LogP contribution in [0.4, 0.5) is 0 Å². The second kappa shape index (κ2) is 12.4. The summed E-state index contributed by atoms with van der Waals surface area (Å²) >= 11 is 17.6. The minimum Gasteiger partial charge on any atom is -0.466 e. The molecule has 0 saturated carbocycles. The summed E-state index contributed by atoms with van der Waals surface area (Å²) < 4.78 is 10.3. The Labute approximate surface area is 163 Å². The minimum absolute atomic E-state index is 0.174. The van der Waals surface area contributed by atoms with Gasteiger partial charge in [0.25, 0.3) is 0 Å². The van der Waals surface area contributed by atoms with E-state index >= 15 is 0 Å². The Balaban J connectivity index is 2.18. The van der Waals surface area contributed by atoms with Crippen LogP contribution < -0.4 is 4.74 Å². The van der Waals surface area contributed by atoms with E-state index in [1.807, 2.05) is 0 Å². The predicted molar refractivity (Wildman–Crippen MR) is 101 cm³/mol. The summed E-state index contributed by atoms with van der Waals surface area (Å²) in [7, 11) is 0. The quantitative estimate of drug-likeness (QED) is 0.188. The van der Waals surface area contributed by atoms with Gasteiger partial charge < -0.3 is 9.47 Å². The van der Waals surface area contributed by atoms with Gasteiger partial charge in [0, 0.05) is 18.9 Å². The molecule has 0 aliphatic rings. The van der Waals surface area contributed by atoms with Gasteiger partial charge in [-0.05, 0) is 25.3 Å². The summed E-state index contributed by atoms with van der Waals surface area (Å²) in [4.78, 5) is 23.3. The molecule has 140 valence electrons. The van der Waals surface area contributed by atoms with Crippen molar-refractivity contribution in [1.82, 2.24) is 0 Å². The average Bonchev–Trinajstić information content (AvgIpc) is 2.56. The maximum absolute atomic E-state index is 11.8. The van der Waals surface area contributed by atoms with E-state index in [2.05, 4.69) is 6.92 Å². The topological polar surface area (TPSA) is 52.6 Å². The Bertz CT molecular complexity index is 576. The normalized spacial score (nSPS) is 10.6. The molecule has 25 heavy (non-hydrogen) atoms. The molecule has 1 rings (SSSR count). The number of carbonyl (C=O) groups is 2. The zero-order valence-electron chi connectivity index (χ0n) is 14.3. The van der Waals surface area contributed by atoms with Crippen molar-refractivity contribution in [2.24, 2.45) is 0 Å². The first-order valence-corrected chi connectivity index (χ1v) is 9.58. The lowest BCUT2D eigenvalue weighted by Gasteiger charge is -2.08. The number of unbranched alkanes of at least 4 members (excludes halogenated alkanes) is 4. The molecule has 0 aliphatic carbocycles. The Morgan fingerprint density at radius 3 is 2.16 bits per heavy atom. The first-order valence-electron chi connectivity index (χ1n) is 8.45. The third-order valence-electron chi connectivity index (χ3n) is 3.47. The molecule has 0 bridgehead atoms. The summed E-state index contributed by atoms with van der Waals surface area (Å²) in [6.45, 7) is 2.60. The molecule has 0 saturated heterocycles. The van der Waals surface area contributed by atoms with Gasteiger partial charge in [-0.25, -0.2) is 0 Å². The third kappa shape index (κ3) is 9.34. The van der Waals surface area contributed by atoms with E-state index in [-0.39, 0.29) is 28.2 Å². The van der Waals surface area contributed by atoms with Crippen molar-refractivity contribution in [3.8, 4) is 5.75 Å². The number of hydrogen-bond donors (Lipinski definition) is 0. The molecule has 0 radical (unpaired) electrons. The molecule has 7 heteroatoms. The molecule has 0 amide bonds. The lowest BCUT2D eigenvalue weighted by Crippen LogP contribution is -2.09. The number of hydrogen-bond acceptors (Lipinski definition) is 4. The monoisotopic (exact) mass is 408 g/mol. The highest BCUT2D eigenvalue weighted by Gasteiger charge is 2.12. The van der Waals surface area contributed by atoms with Gasteiger partial charge in [-0.3, -0.25) is 9.59 Å². The standard InChI is InChI=1S/C18H23Cl3O4/c1-2-3-4-7-10-24-17(22)8-5-6-9-18(23)25-16-12-14(20)13(19)11-15(16)21/h11-12H,2-10H2,1H3. The van der Waals surface area contributed by atoms with Gasteiger partial charge in [-0.2, -0.15) is 0 Å². The largest absolute Gasteiger partial charge is 0.466 e. The zero-order chi connectivity index (χ0) is 18.7.